The van der Waals surface area contributed by atoms with Gasteiger partial charge in [-0.25, -0.2) is 9.97 Å². The standard InChI is InChI=1S/C22H24ClF3N4O2/c1-12-9-18(28-21-27-11-17(20(23)29-21)22(24,25)26)19(32-15-3-4-15)10-16(12)14-5-7-30(8-6-14)13(2)31/h9-11,14-15H,3-8H2,1-2H3,(H,27,28,29). The highest BCUT2D eigenvalue weighted by molar-refractivity contribution is 6.30. The first-order valence-corrected chi connectivity index (χ1v) is 10.9. The Labute approximate surface area is 189 Å². The number of piperidine rings is 1. The van der Waals surface area contributed by atoms with Gasteiger partial charge in [-0.3, -0.25) is 4.79 Å². The molecule has 1 N–H and O–H groups in total. The van der Waals surface area contributed by atoms with Crippen molar-refractivity contribution in [1.82, 2.24) is 14.9 Å². The number of hydrogen-bond donors (Lipinski definition) is 1. The Balaban J connectivity index is 1.59. The molecular formula is C22H24ClF3N4O2. The van der Waals surface area contributed by atoms with Crippen molar-refractivity contribution in [2.45, 2.75) is 57.7 Å². The normalized spacial score (nSPS) is 17.4. The van der Waals surface area contributed by atoms with Crippen LogP contribution in [0.2, 0.25) is 5.15 Å². The van der Waals surface area contributed by atoms with E-state index in [0.717, 1.165) is 49.9 Å². The molecule has 2 aromatic rings. The van der Waals surface area contributed by atoms with Crippen LogP contribution in [0.25, 0.3) is 0 Å². The molecule has 0 atom stereocenters. The second-order valence-electron chi connectivity index (χ2n) is 8.32. The quantitative estimate of drug-likeness (QED) is 0.589. The summed E-state index contributed by atoms with van der Waals surface area (Å²) >= 11 is 5.74. The van der Waals surface area contributed by atoms with Crippen LogP contribution in [0.1, 0.15) is 55.2 Å². The van der Waals surface area contributed by atoms with Crippen LogP contribution < -0.4 is 10.1 Å². The fraction of sp³-hybridized carbons (Fsp3) is 0.500. The van der Waals surface area contributed by atoms with Crippen LogP contribution in [-0.4, -0.2) is 40.0 Å². The molecule has 2 heterocycles. The predicted octanol–water partition coefficient (Wildman–Crippen LogP) is 5.47. The van der Waals surface area contributed by atoms with Gasteiger partial charge in [-0.2, -0.15) is 13.2 Å². The lowest BCUT2D eigenvalue weighted by atomic mass is 9.86. The third-order valence-electron chi connectivity index (χ3n) is 5.86. The van der Waals surface area contributed by atoms with Crippen LogP contribution in [0, 0.1) is 6.92 Å². The van der Waals surface area contributed by atoms with E-state index in [1.165, 1.54) is 0 Å². The summed E-state index contributed by atoms with van der Waals surface area (Å²) in [5.74, 6) is 0.970. The number of benzene rings is 1. The SMILES string of the molecule is CC(=O)N1CCC(c2cc(OC3CC3)c(Nc3ncc(C(F)(F)F)c(Cl)n3)cc2C)CC1. The van der Waals surface area contributed by atoms with Crippen molar-refractivity contribution < 1.29 is 22.7 Å². The molecule has 1 aromatic carbocycles. The lowest BCUT2D eigenvalue weighted by molar-refractivity contribution is -0.138. The van der Waals surface area contributed by atoms with Crippen molar-refractivity contribution in [3.8, 4) is 5.75 Å². The third kappa shape index (κ3) is 5.09. The van der Waals surface area contributed by atoms with Gasteiger partial charge in [0.25, 0.3) is 0 Å². The predicted molar refractivity (Wildman–Crippen MR) is 114 cm³/mol. The van der Waals surface area contributed by atoms with Gasteiger partial charge in [0.15, 0.2) is 0 Å². The summed E-state index contributed by atoms with van der Waals surface area (Å²) in [6.07, 6.45) is -0.163. The zero-order chi connectivity index (χ0) is 23.0. The van der Waals surface area contributed by atoms with Crippen LogP contribution in [0.15, 0.2) is 18.3 Å². The van der Waals surface area contributed by atoms with E-state index in [4.69, 9.17) is 16.3 Å². The molecule has 1 saturated carbocycles. The first kappa shape index (κ1) is 22.6. The average molecular weight is 469 g/mol. The molecule has 32 heavy (non-hydrogen) atoms. The van der Waals surface area contributed by atoms with Crippen molar-refractivity contribution >= 4 is 29.1 Å². The monoisotopic (exact) mass is 468 g/mol. The molecule has 1 saturated heterocycles. The Kier molecular flexibility index (Phi) is 6.20. The Bertz CT molecular complexity index is 1020. The van der Waals surface area contributed by atoms with Crippen molar-refractivity contribution in [1.29, 1.82) is 0 Å². The number of amides is 1. The number of aromatic nitrogens is 2. The van der Waals surface area contributed by atoms with E-state index >= 15 is 0 Å². The number of hydrogen-bond acceptors (Lipinski definition) is 5. The molecule has 4 rings (SSSR count). The molecule has 2 aliphatic rings. The van der Waals surface area contributed by atoms with Crippen molar-refractivity contribution in [3.63, 3.8) is 0 Å². The minimum atomic E-state index is -4.62. The molecule has 1 aliphatic carbocycles. The molecule has 10 heteroatoms. The van der Waals surface area contributed by atoms with E-state index in [2.05, 4.69) is 15.3 Å². The first-order valence-electron chi connectivity index (χ1n) is 10.6. The molecule has 1 amide bonds. The summed E-state index contributed by atoms with van der Waals surface area (Å²) in [7, 11) is 0. The van der Waals surface area contributed by atoms with Crippen molar-refractivity contribution in [3.05, 3.63) is 40.2 Å². The zero-order valence-electron chi connectivity index (χ0n) is 17.8. The molecule has 1 aliphatic heterocycles. The van der Waals surface area contributed by atoms with E-state index in [1.54, 1.807) is 6.92 Å². The highest BCUT2D eigenvalue weighted by Gasteiger charge is 2.35. The minimum Gasteiger partial charge on any atom is -0.488 e. The molecule has 1 aromatic heterocycles. The highest BCUT2D eigenvalue weighted by atomic mass is 35.5. The van der Waals surface area contributed by atoms with Gasteiger partial charge in [0.05, 0.1) is 11.8 Å². The maximum absolute atomic E-state index is 12.9. The lowest BCUT2D eigenvalue weighted by Crippen LogP contribution is -2.36. The number of carbonyl (C=O) groups excluding carboxylic acids is 1. The first-order chi connectivity index (χ1) is 15.1. The van der Waals surface area contributed by atoms with Gasteiger partial charge in [0, 0.05) is 26.2 Å². The largest absolute Gasteiger partial charge is 0.488 e. The Morgan fingerprint density at radius 2 is 1.91 bits per heavy atom. The number of ether oxygens (including phenoxy) is 1. The molecule has 0 spiro atoms. The number of carbonyl (C=O) groups is 1. The molecule has 172 valence electrons. The average Bonchev–Trinajstić information content (AvgIpc) is 3.53. The van der Waals surface area contributed by atoms with Crippen molar-refractivity contribution in [2.24, 2.45) is 0 Å². The fourth-order valence-corrected chi connectivity index (χ4v) is 4.18. The van der Waals surface area contributed by atoms with Crippen LogP contribution in [-0.2, 0) is 11.0 Å². The van der Waals surface area contributed by atoms with E-state index < -0.39 is 16.9 Å². The fourth-order valence-electron chi connectivity index (χ4n) is 3.94. The zero-order valence-corrected chi connectivity index (χ0v) is 18.6. The second-order valence-corrected chi connectivity index (χ2v) is 8.68. The van der Waals surface area contributed by atoms with Gasteiger partial charge < -0.3 is 15.0 Å². The highest BCUT2D eigenvalue weighted by Crippen LogP contribution is 2.40. The second kappa shape index (κ2) is 8.77. The van der Waals surface area contributed by atoms with Gasteiger partial charge in [-0.15, -0.1) is 0 Å². The Hall–Kier alpha value is -2.55. The molecule has 0 radical (unpaired) electrons. The molecule has 0 bridgehead atoms. The third-order valence-corrected chi connectivity index (χ3v) is 6.15. The molecule has 0 unspecified atom stereocenters. The number of aryl methyl sites for hydroxylation is 1. The smallest absolute Gasteiger partial charge is 0.420 e. The van der Waals surface area contributed by atoms with Gasteiger partial charge >= 0.3 is 6.18 Å². The van der Waals surface area contributed by atoms with E-state index in [9.17, 15) is 18.0 Å². The van der Waals surface area contributed by atoms with Gasteiger partial charge in [-0.05, 0) is 61.8 Å². The molecule has 6 nitrogen and oxygen atoms in total. The Morgan fingerprint density at radius 1 is 1.22 bits per heavy atom. The summed E-state index contributed by atoms with van der Waals surface area (Å²) in [6, 6.07) is 3.90. The maximum atomic E-state index is 12.9. The number of anilines is 2. The van der Waals surface area contributed by atoms with Gasteiger partial charge in [0.1, 0.15) is 16.5 Å². The molecular weight excluding hydrogens is 445 g/mol. The van der Waals surface area contributed by atoms with Gasteiger partial charge in [0.2, 0.25) is 11.9 Å². The maximum Gasteiger partial charge on any atom is 0.420 e. The van der Waals surface area contributed by atoms with E-state index in [0.29, 0.717) is 23.6 Å². The number of rotatable bonds is 5. The number of nitrogens with one attached hydrogen (secondary N) is 1. The summed E-state index contributed by atoms with van der Waals surface area (Å²) in [5, 5.41) is 2.30. The number of halogens is 4. The van der Waals surface area contributed by atoms with E-state index in [-0.39, 0.29) is 18.0 Å². The van der Waals surface area contributed by atoms with Crippen LogP contribution in [0.5, 0.6) is 5.75 Å². The topological polar surface area (TPSA) is 67.3 Å². The summed E-state index contributed by atoms with van der Waals surface area (Å²) < 4.78 is 44.9. The minimum absolute atomic E-state index is 0.0365. The van der Waals surface area contributed by atoms with Crippen LogP contribution >= 0.6 is 11.6 Å². The number of likely N-dealkylation sites (tertiary alicyclic amines) is 1. The summed E-state index contributed by atoms with van der Waals surface area (Å²) in [5.41, 5.74) is 1.67. The number of nitrogens with zero attached hydrogens (tertiary/aromatic N) is 3. The summed E-state index contributed by atoms with van der Waals surface area (Å²) in [4.78, 5) is 21.0. The molecule has 2 fully saturated rings. The Morgan fingerprint density at radius 3 is 2.47 bits per heavy atom. The lowest BCUT2D eigenvalue weighted by Gasteiger charge is -2.32. The van der Waals surface area contributed by atoms with Crippen molar-refractivity contribution in [2.75, 3.05) is 18.4 Å². The number of alkyl halides is 3. The van der Waals surface area contributed by atoms with Crippen LogP contribution in [0.4, 0.5) is 24.8 Å². The summed E-state index contributed by atoms with van der Waals surface area (Å²) in [6.45, 7) is 5.01. The van der Waals surface area contributed by atoms with Crippen LogP contribution in [0.3, 0.4) is 0 Å². The van der Waals surface area contributed by atoms with Gasteiger partial charge in [-0.1, -0.05) is 11.6 Å². The van der Waals surface area contributed by atoms with E-state index in [1.807, 2.05) is 24.0 Å².